The van der Waals surface area contributed by atoms with Crippen LogP contribution in [0, 0.1) is 0 Å². The van der Waals surface area contributed by atoms with Gasteiger partial charge in [0.25, 0.3) is 0 Å². The summed E-state index contributed by atoms with van der Waals surface area (Å²) in [7, 11) is 0. The number of carbonyl (C=O) groups is 1. The Kier molecular flexibility index (Phi) is 6.70. The highest BCUT2D eigenvalue weighted by molar-refractivity contribution is 6.30. The molecule has 0 saturated carbocycles. The molecule has 0 fully saturated rings. The molecule has 7 heteroatoms. The van der Waals surface area contributed by atoms with Crippen LogP contribution in [0.3, 0.4) is 0 Å². The van der Waals surface area contributed by atoms with Gasteiger partial charge in [-0.25, -0.2) is 0 Å². The third kappa shape index (κ3) is 6.66. The predicted octanol–water partition coefficient (Wildman–Crippen LogP) is 4.52. The first-order chi connectivity index (χ1) is 11.8. The lowest BCUT2D eigenvalue weighted by Gasteiger charge is -2.10. The molecule has 2 aromatic carbocycles. The van der Waals surface area contributed by atoms with E-state index in [4.69, 9.17) is 11.6 Å². The van der Waals surface area contributed by atoms with E-state index in [0.29, 0.717) is 30.2 Å². The molecule has 3 nitrogen and oxygen atoms in total. The van der Waals surface area contributed by atoms with Crippen molar-refractivity contribution >= 4 is 23.2 Å². The summed E-state index contributed by atoms with van der Waals surface area (Å²) in [6, 6.07) is 12.1. The Balaban J connectivity index is 1.65. The van der Waals surface area contributed by atoms with Gasteiger partial charge in [-0.1, -0.05) is 23.7 Å². The van der Waals surface area contributed by atoms with Crippen LogP contribution in [0.4, 0.5) is 18.9 Å². The zero-order valence-corrected chi connectivity index (χ0v) is 14.1. The van der Waals surface area contributed by atoms with Crippen LogP contribution in [0.2, 0.25) is 5.02 Å². The number of hydrogen-bond acceptors (Lipinski definition) is 2. The minimum Gasteiger partial charge on any atom is -0.385 e. The summed E-state index contributed by atoms with van der Waals surface area (Å²) in [6.45, 7) is 0.860. The second-order valence-corrected chi connectivity index (χ2v) is 5.91. The van der Waals surface area contributed by atoms with E-state index < -0.39 is 11.7 Å². The van der Waals surface area contributed by atoms with Crippen LogP contribution >= 0.6 is 11.6 Å². The average Bonchev–Trinajstić information content (AvgIpc) is 2.56. The van der Waals surface area contributed by atoms with Crippen LogP contribution in [-0.4, -0.2) is 19.0 Å². The lowest BCUT2D eigenvalue weighted by molar-refractivity contribution is -0.137. The van der Waals surface area contributed by atoms with Crippen molar-refractivity contribution in [1.82, 2.24) is 5.32 Å². The smallest absolute Gasteiger partial charge is 0.385 e. The Morgan fingerprint density at radius 3 is 2.20 bits per heavy atom. The quantitative estimate of drug-likeness (QED) is 0.752. The maximum atomic E-state index is 12.5. The van der Waals surface area contributed by atoms with E-state index in [1.54, 1.807) is 12.1 Å². The zero-order valence-electron chi connectivity index (χ0n) is 13.4. The van der Waals surface area contributed by atoms with Crippen LogP contribution in [0.15, 0.2) is 48.5 Å². The van der Waals surface area contributed by atoms with Crippen molar-refractivity contribution in [1.29, 1.82) is 0 Å². The lowest BCUT2D eigenvalue weighted by atomic mass is 10.1. The molecule has 2 aromatic rings. The Hall–Kier alpha value is -2.21. The van der Waals surface area contributed by atoms with Gasteiger partial charge in [-0.05, 0) is 48.4 Å². The van der Waals surface area contributed by atoms with Crippen molar-refractivity contribution in [2.24, 2.45) is 0 Å². The van der Waals surface area contributed by atoms with Crippen molar-refractivity contribution in [2.45, 2.75) is 19.0 Å². The zero-order chi connectivity index (χ0) is 18.3. The number of alkyl halides is 3. The molecule has 25 heavy (non-hydrogen) atoms. The van der Waals surface area contributed by atoms with Gasteiger partial charge in [-0.3, -0.25) is 4.79 Å². The number of nitrogens with one attached hydrogen (secondary N) is 2. The average molecular weight is 371 g/mol. The van der Waals surface area contributed by atoms with Crippen LogP contribution in [0.5, 0.6) is 0 Å². The van der Waals surface area contributed by atoms with Crippen molar-refractivity contribution in [2.75, 3.05) is 18.4 Å². The molecule has 0 aromatic heterocycles. The van der Waals surface area contributed by atoms with Crippen molar-refractivity contribution in [3.8, 4) is 0 Å². The molecule has 0 aliphatic rings. The summed E-state index contributed by atoms with van der Waals surface area (Å²) >= 11 is 5.80. The SMILES string of the molecule is O=C(CCNc1ccc(C(F)(F)F)cc1)NCCc1ccc(Cl)cc1. The third-order valence-electron chi connectivity index (χ3n) is 3.54. The fourth-order valence-electron chi connectivity index (χ4n) is 2.18. The number of anilines is 1. The Morgan fingerprint density at radius 1 is 0.960 bits per heavy atom. The van der Waals surface area contributed by atoms with Gasteiger partial charge in [-0.2, -0.15) is 13.2 Å². The molecular formula is C18H18ClF3N2O. The molecule has 0 radical (unpaired) electrons. The van der Waals surface area contributed by atoms with E-state index in [1.807, 2.05) is 12.1 Å². The molecule has 0 heterocycles. The predicted molar refractivity (Wildman–Crippen MR) is 92.7 cm³/mol. The largest absolute Gasteiger partial charge is 0.416 e. The molecule has 2 N–H and O–H groups in total. The van der Waals surface area contributed by atoms with E-state index in [2.05, 4.69) is 10.6 Å². The molecule has 0 unspecified atom stereocenters. The summed E-state index contributed by atoms with van der Waals surface area (Å²) in [4.78, 5) is 11.7. The number of rotatable bonds is 7. The maximum absolute atomic E-state index is 12.5. The van der Waals surface area contributed by atoms with Crippen molar-refractivity contribution in [3.63, 3.8) is 0 Å². The molecule has 134 valence electrons. The second-order valence-electron chi connectivity index (χ2n) is 5.48. The summed E-state index contributed by atoms with van der Waals surface area (Å²) < 4.78 is 37.4. The van der Waals surface area contributed by atoms with Gasteiger partial charge < -0.3 is 10.6 Å². The van der Waals surface area contributed by atoms with Crippen LogP contribution < -0.4 is 10.6 Å². The molecule has 0 bridgehead atoms. The normalized spacial score (nSPS) is 11.2. The van der Waals surface area contributed by atoms with E-state index in [1.165, 1.54) is 12.1 Å². The Labute approximate surface area is 149 Å². The van der Waals surface area contributed by atoms with E-state index >= 15 is 0 Å². The fourth-order valence-corrected chi connectivity index (χ4v) is 2.31. The first-order valence-electron chi connectivity index (χ1n) is 7.77. The Morgan fingerprint density at radius 2 is 1.60 bits per heavy atom. The lowest BCUT2D eigenvalue weighted by Crippen LogP contribution is -2.27. The fraction of sp³-hybridized carbons (Fsp3) is 0.278. The summed E-state index contributed by atoms with van der Waals surface area (Å²) in [5.74, 6) is -0.117. The minimum atomic E-state index is -4.34. The van der Waals surface area contributed by atoms with Gasteiger partial charge in [0.05, 0.1) is 5.56 Å². The molecule has 2 rings (SSSR count). The van der Waals surface area contributed by atoms with Crippen LogP contribution in [0.25, 0.3) is 0 Å². The van der Waals surface area contributed by atoms with Gasteiger partial charge in [0.1, 0.15) is 0 Å². The first-order valence-corrected chi connectivity index (χ1v) is 8.14. The van der Waals surface area contributed by atoms with E-state index in [0.717, 1.165) is 17.7 Å². The van der Waals surface area contributed by atoms with Crippen molar-refractivity contribution < 1.29 is 18.0 Å². The highest BCUT2D eigenvalue weighted by Gasteiger charge is 2.29. The Bertz CT molecular complexity index is 685. The summed E-state index contributed by atoms with van der Waals surface area (Å²) in [5, 5.41) is 6.39. The summed E-state index contributed by atoms with van der Waals surface area (Å²) in [6.07, 6.45) is -3.40. The number of benzene rings is 2. The topological polar surface area (TPSA) is 41.1 Å². The van der Waals surface area contributed by atoms with Crippen LogP contribution in [-0.2, 0) is 17.4 Å². The van der Waals surface area contributed by atoms with Gasteiger partial charge in [-0.15, -0.1) is 0 Å². The van der Waals surface area contributed by atoms with Gasteiger partial charge >= 0.3 is 6.18 Å². The van der Waals surface area contributed by atoms with Crippen molar-refractivity contribution in [3.05, 3.63) is 64.7 Å². The molecule has 0 atom stereocenters. The number of hydrogen-bond donors (Lipinski definition) is 2. The molecule has 1 amide bonds. The number of carbonyl (C=O) groups excluding carboxylic acids is 1. The standard InChI is InChI=1S/C18H18ClF3N2O/c19-15-5-1-13(2-6-15)9-11-24-17(25)10-12-23-16-7-3-14(4-8-16)18(20,21)22/h1-8,23H,9-12H2,(H,24,25). The van der Waals surface area contributed by atoms with E-state index in [-0.39, 0.29) is 12.3 Å². The molecule has 0 aliphatic heterocycles. The van der Waals surface area contributed by atoms with Gasteiger partial charge in [0.15, 0.2) is 0 Å². The minimum absolute atomic E-state index is 0.117. The highest BCUT2D eigenvalue weighted by atomic mass is 35.5. The monoisotopic (exact) mass is 370 g/mol. The molecular weight excluding hydrogens is 353 g/mol. The number of halogens is 4. The second kappa shape index (κ2) is 8.76. The third-order valence-corrected chi connectivity index (χ3v) is 3.79. The molecule has 0 spiro atoms. The molecule has 0 aliphatic carbocycles. The first kappa shape index (κ1) is 19.1. The number of amides is 1. The van der Waals surface area contributed by atoms with Crippen LogP contribution in [0.1, 0.15) is 17.5 Å². The molecule has 0 saturated heterocycles. The van der Waals surface area contributed by atoms with E-state index in [9.17, 15) is 18.0 Å². The highest BCUT2D eigenvalue weighted by Crippen LogP contribution is 2.29. The van der Waals surface area contributed by atoms with Gasteiger partial charge in [0, 0.05) is 30.2 Å². The van der Waals surface area contributed by atoms with Gasteiger partial charge in [0.2, 0.25) is 5.91 Å². The maximum Gasteiger partial charge on any atom is 0.416 e. The summed E-state index contributed by atoms with van der Waals surface area (Å²) in [5.41, 5.74) is 0.924.